The molecule has 1 aliphatic carbocycles. The molecule has 0 saturated carbocycles. The standard InChI is InChI=1S/C33H34N6O3/c1-19(2)16-39-27-10-7-21(42-18-28(40)35-13-11-20-6-4-5-12-34-20)14-23(27)30-24-15-36-33(41)31(24)29-22(32(30)39)8-9-26-25(29)17-38(3)37-26/h4-7,10,12,14-15,17,19,36,41H,8-9,11,13,16,18H2,1-3H3,(H,35,40). The number of aromatic nitrogens is 5. The van der Waals surface area contributed by atoms with E-state index >= 15 is 0 Å². The molecule has 0 atom stereocenters. The van der Waals surface area contributed by atoms with Crippen LogP contribution in [0.15, 0.2) is 55.0 Å². The SMILES string of the molecule is CC(C)Cn1c2ccc(OCC(=O)NCCc3ccccn3)cc2c2c3c[nH]c(O)c3c3c(c21)CCc1nn(C)cc1-3. The molecule has 214 valence electrons. The predicted molar refractivity (Wildman–Crippen MR) is 164 cm³/mol. The van der Waals surface area contributed by atoms with Gasteiger partial charge in [0.25, 0.3) is 5.91 Å². The molecule has 6 aromatic rings. The third-order valence-electron chi connectivity index (χ3n) is 8.13. The summed E-state index contributed by atoms with van der Waals surface area (Å²) in [6, 6.07) is 11.8. The molecule has 7 rings (SSSR count). The Bertz CT molecular complexity index is 1960. The topological polar surface area (TPSA) is 110 Å². The molecule has 1 amide bonds. The number of pyridine rings is 1. The van der Waals surface area contributed by atoms with Crippen LogP contribution < -0.4 is 10.1 Å². The number of carbonyl (C=O) groups excluding carboxylic acids is 1. The molecule has 0 aliphatic heterocycles. The zero-order valence-electron chi connectivity index (χ0n) is 24.1. The summed E-state index contributed by atoms with van der Waals surface area (Å²) in [6.45, 7) is 5.74. The normalized spacial score (nSPS) is 12.8. The molecule has 4 aromatic heterocycles. The van der Waals surface area contributed by atoms with Gasteiger partial charge < -0.3 is 24.7 Å². The molecule has 0 saturated heterocycles. The third-order valence-corrected chi connectivity index (χ3v) is 8.13. The molecular weight excluding hydrogens is 528 g/mol. The van der Waals surface area contributed by atoms with Gasteiger partial charge in [-0.25, -0.2) is 0 Å². The number of benzene rings is 2. The second-order valence-corrected chi connectivity index (χ2v) is 11.6. The molecule has 9 nitrogen and oxygen atoms in total. The second kappa shape index (κ2) is 10.2. The molecule has 42 heavy (non-hydrogen) atoms. The highest BCUT2D eigenvalue weighted by atomic mass is 16.5. The average Bonchev–Trinajstić information content (AvgIpc) is 3.65. The molecule has 9 heteroatoms. The summed E-state index contributed by atoms with van der Waals surface area (Å²) in [5.41, 5.74) is 7.69. The van der Waals surface area contributed by atoms with Crippen molar-refractivity contribution in [2.24, 2.45) is 13.0 Å². The van der Waals surface area contributed by atoms with E-state index in [-0.39, 0.29) is 18.4 Å². The van der Waals surface area contributed by atoms with Crippen LogP contribution in [-0.4, -0.2) is 48.5 Å². The fourth-order valence-corrected chi connectivity index (χ4v) is 6.48. The van der Waals surface area contributed by atoms with Crippen LogP contribution in [-0.2, 0) is 37.6 Å². The minimum absolute atomic E-state index is 0.0715. The van der Waals surface area contributed by atoms with Crippen LogP contribution >= 0.6 is 0 Å². The number of amides is 1. The van der Waals surface area contributed by atoms with Crippen molar-refractivity contribution in [3.8, 4) is 22.8 Å². The second-order valence-electron chi connectivity index (χ2n) is 11.6. The minimum atomic E-state index is -0.174. The van der Waals surface area contributed by atoms with Crippen LogP contribution in [0.1, 0.15) is 30.8 Å². The number of ether oxygens (including phenoxy) is 1. The number of fused-ring (bicyclic) bond motifs is 10. The molecule has 3 N–H and O–H groups in total. The maximum atomic E-state index is 12.5. The minimum Gasteiger partial charge on any atom is -0.494 e. The van der Waals surface area contributed by atoms with Gasteiger partial charge in [-0.1, -0.05) is 19.9 Å². The van der Waals surface area contributed by atoms with Gasteiger partial charge in [0.1, 0.15) is 5.75 Å². The number of aromatic hydroxyl groups is 1. The van der Waals surface area contributed by atoms with Gasteiger partial charge in [-0.15, -0.1) is 0 Å². The number of hydrogen-bond donors (Lipinski definition) is 3. The van der Waals surface area contributed by atoms with Gasteiger partial charge in [-0.2, -0.15) is 5.10 Å². The molecule has 0 radical (unpaired) electrons. The lowest BCUT2D eigenvalue weighted by atomic mass is 9.85. The predicted octanol–water partition coefficient (Wildman–Crippen LogP) is 5.27. The highest BCUT2D eigenvalue weighted by Gasteiger charge is 2.30. The number of aryl methyl sites for hydroxylation is 3. The van der Waals surface area contributed by atoms with Crippen LogP contribution in [0, 0.1) is 5.92 Å². The lowest BCUT2D eigenvalue weighted by Gasteiger charge is -2.21. The fraction of sp³-hybridized carbons (Fsp3) is 0.303. The zero-order chi connectivity index (χ0) is 29.0. The Morgan fingerprint density at radius 2 is 2.05 bits per heavy atom. The molecular formula is C33H34N6O3. The molecule has 0 spiro atoms. The van der Waals surface area contributed by atoms with Crippen LogP contribution in [0.3, 0.4) is 0 Å². The summed E-state index contributed by atoms with van der Waals surface area (Å²) in [5.74, 6) is 1.05. The van der Waals surface area contributed by atoms with Crippen molar-refractivity contribution in [3.63, 3.8) is 0 Å². The van der Waals surface area contributed by atoms with Crippen LogP contribution in [0.4, 0.5) is 0 Å². The molecule has 0 unspecified atom stereocenters. The Hall–Kier alpha value is -4.79. The van der Waals surface area contributed by atoms with Crippen LogP contribution in [0.25, 0.3) is 43.7 Å². The van der Waals surface area contributed by atoms with Gasteiger partial charge >= 0.3 is 0 Å². The van der Waals surface area contributed by atoms with E-state index in [1.165, 1.54) is 11.1 Å². The smallest absolute Gasteiger partial charge is 0.257 e. The highest BCUT2D eigenvalue weighted by Crippen LogP contribution is 2.49. The number of aromatic amines is 1. The first-order chi connectivity index (χ1) is 20.4. The number of hydrogen-bond acceptors (Lipinski definition) is 5. The highest BCUT2D eigenvalue weighted by molar-refractivity contribution is 6.26. The Kier molecular flexibility index (Phi) is 6.37. The quantitative estimate of drug-likeness (QED) is 0.234. The molecule has 0 fully saturated rings. The molecule has 0 bridgehead atoms. The van der Waals surface area contributed by atoms with Crippen molar-refractivity contribution in [1.82, 2.24) is 29.6 Å². The molecule has 1 aliphatic rings. The summed E-state index contributed by atoms with van der Waals surface area (Å²) < 4.78 is 10.3. The van der Waals surface area contributed by atoms with Crippen molar-refractivity contribution < 1.29 is 14.6 Å². The maximum absolute atomic E-state index is 12.5. The number of rotatable bonds is 8. The van der Waals surface area contributed by atoms with Crippen molar-refractivity contribution in [2.45, 2.75) is 39.7 Å². The number of carbonyl (C=O) groups is 1. The lowest BCUT2D eigenvalue weighted by molar-refractivity contribution is -0.123. The maximum Gasteiger partial charge on any atom is 0.257 e. The van der Waals surface area contributed by atoms with Crippen molar-refractivity contribution in [1.29, 1.82) is 0 Å². The fourth-order valence-electron chi connectivity index (χ4n) is 6.48. The number of nitrogens with one attached hydrogen (secondary N) is 2. The van der Waals surface area contributed by atoms with E-state index in [1.54, 1.807) is 6.20 Å². The summed E-state index contributed by atoms with van der Waals surface area (Å²) in [5, 5.41) is 22.6. The van der Waals surface area contributed by atoms with Gasteiger partial charge in [0.2, 0.25) is 0 Å². The van der Waals surface area contributed by atoms with E-state index in [1.807, 2.05) is 48.3 Å². The van der Waals surface area contributed by atoms with Gasteiger partial charge in [-0.3, -0.25) is 14.5 Å². The van der Waals surface area contributed by atoms with E-state index in [9.17, 15) is 9.90 Å². The first-order valence-corrected chi connectivity index (χ1v) is 14.5. The zero-order valence-corrected chi connectivity index (χ0v) is 24.1. The van der Waals surface area contributed by atoms with Crippen molar-refractivity contribution in [3.05, 3.63) is 71.9 Å². The lowest BCUT2D eigenvalue weighted by Crippen LogP contribution is -2.30. The average molecular weight is 563 g/mol. The van der Waals surface area contributed by atoms with Crippen molar-refractivity contribution >= 4 is 38.5 Å². The van der Waals surface area contributed by atoms with Crippen LogP contribution in [0.5, 0.6) is 11.6 Å². The Labute approximate surface area is 243 Å². The van der Waals surface area contributed by atoms with E-state index in [0.29, 0.717) is 24.6 Å². The van der Waals surface area contributed by atoms with E-state index in [2.05, 4.69) is 46.0 Å². The van der Waals surface area contributed by atoms with Crippen molar-refractivity contribution in [2.75, 3.05) is 13.2 Å². The largest absolute Gasteiger partial charge is 0.494 e. The Balaban J connectivity index is 1.29. The number of H-pyrrole nitrogens is 1. The third kappa shape index (κ3) is 4.36. The summed E-state index contributed by atoms with van der Waals surface area (Å²) >= 11 is 0. The van der Waals surface area contributed by atoms with Gasteiger partial charge in [0.05, 0.1) is 16.6 Å². The van der Waals surface area contributed by atoms with Gasteiger partial charge in [-0.05, 0) is 54.7 Å². The summed E-state index contributed by atoms with van der Waals surface area (Å²) in [4.78, 5) is 19.9. The van der Waals surface area contributed by atoms with E-state index in [0.717, 1.165) is 69.0 Å². The molecule has 2 aromatic carbocycles. The van der Waals surface area contributed by atoms with Crippen LogP contribution in [0.2, 0.25) is 0 Å². The Morgan fingerprint density at radius 3 is 2.86 bits per heavy atom. The van der Waals surface area contributed by atoms with Gasteiger partial charge in [0, 0.05) is 83.6 Å². The first kappa shape index (κ1) is 26.1. The summed E-state index contributed by atoms with van der Waals surface area (Å²) in [6.07, 6.45) is 8.07. The van der Waals surface area contributed by atoms with E-state index < -0.39 is 0 Å². The first-order valence-electron chi connectivity index (χ1n) is 14.5. The molecule has 4 heterocycles. The monoisotopic (exact) mass is 562 g/mol. The van der Waals surface area contributed by atoms with E-state index in [4.69, 9.17) is 9.84 Å². The number of nitrogens with zero attached hydrogens (tertiary/aromatic N) is 4. The Morgan fingerprint density at radius 1 is 1.17 bits per heavy atom. The summed E-state index contributed by atoms with van der Waals surface area (Å²) in [7, 11) is 1.95. The van der Waals surface area contributed by atoms with Gasteiger partial charge in [0.15, 0.2) is 12.5 Å².